The topological polar surface area (TPSA) is 325 Å². The number of fused-ring (bicyclic) bond motifs is 1. The maximum atomic E-state index is 15.0. The molecule has 25 heteroatoms. The van der Waals surface area contributed by atoms with E-state index in [2.05, 4.69) is 37.2 Å². The first-order chi connectivity index (χ1) is 43.9. The zero-order valence-electron chi connectivity index (χ0n) is 56.8. The van der Waals surface area contributed by atoms with E-state index in [0.717, 1.165) is 11.3 Å². The van der Waals surface area contributed by atoms with Crippen LogP contribution in [0.5, 0.6) is 0 Å². The molecule has 12 amide bonds. The Labute approximate surface area is 548 Å². The van der Waals surface area contributed by atoms with Crippen molar-refractivity contribution in [2.24, 2.45) is 23.7 Å². The molecule has 0 aromatic heterocycles. The number of amides is 12. The molecule has 2 aromatic rings. The highest BCUT2D eigenvalue weighted by Crippen LogP contribution is 2.24. The zero-order valence-corrected chi connectivity index (χ0v) is 56.8. The Hall–Kier alpha value is -7.96. The summed E-state index contributed by atoms with van der Waals surface area (Å²) < 4.78 is 0. The predicted octanol–water partition coefficient (Wildman–Crippen LogP) is 1.97. The first-order valence-electron chi connectivity index (χ1n) is 33.2. The van der Waals surface area contributed by atoms with E-state index in [9.17, 15) is 53.1 Å². The van der Waals surface area contributed by atoms with Gasteiger partial charge in [-0.1, -0.05) is 122 Å². The van der Waals surface area contributed by atoms with Gasteiger partial charge in [-0.05, 0) is 100 Å². The van der Waals surface area contributed by atoms with Crippen LogP contribution in [0.3, 0.4) is 0 Å². The van der Waals surface area contributed by atoms with Crippen molar-refractivity contribution < 1.29 is 62.6 Å². The molecule has 0 bridgehead atoms. The Balaban J connectivity index is 1.60. The van der Waals surface area contributed by atoms with Gasteiger partial charge in [-0.3, -0.25) is 57.5 Å². The number of aliphatic hydroxyl groups excluding tert-OH is 1. The largest absolute Gasteiger partial charge is 0.391 e. The summed E-state index contributed by atoms with van der Waals surface area (Å²) in [6, 6.07) is 4.41. The number of carbonyl (C=O) groups excluding carboxylic acids is 12. The number of aliphatic hydroxyl groups is 1. The molecule has 0 saturated carbocycles. The minimum absolute atomic E-state index is 0.0485. The molecule has 514 valence electrons. The number of hydrogen-bond acceptors (Lipinski definition) is 13. The van der Waals surface area contributed by atoms with Gasteiger partial charge in [-0.2, -0.15) is 0 Å². The molecular weight excluding hydrogens is 1190 g/mol. The number of rotatable bonds is 14. The van der Waals surface area contributed by atoms with E-state index in [1.54, 1.807) is 72.5 Å². The number of carbonyl (C=O) groups is 12. The van der Waals surface area contributed by atoms with Crippen LogP contribution in [0.2, 0.25) is 0 Å². The van der Waals surface area contributed by atoms with E-state index in [4.69, 9.17) is 0 Å². The predicted molar refractivity (Wildman–Crippen MR) is 350 cm³/mol. The summed E-state index contributed by atoms with van der Waals surface area (Å²) in [6.07, 6.45) is 1.19. The highest BCUT2D eigenvalue weighted by molar-refractivity contribution is 6.00. The molecule has 0 spiro atoms. The third-order valence-corrected chi connectivity index (χ3v) is 17.8. The third-order valence-electron chi connectivity index (χ3n) is 17.8. The van der Waals surface area contributed by atoms with Crippen molar-refractivity contribution in [3.63, 3.8) is 0 Å². The Morgan fingerprint density at radius 3 is 1.58 bits per heavy atom. The van der Waals surface area contributed by atoms with Gasteiger partial charge < -0.3 is 66.8 Å². The second kappa shape index (κ2) is 35.9. The van der Waals surface area contributed by atoms with Crippen molar-refractivity contribution in [3.8, 4) is 0 Å². The average Bonchev–Trinajstić information content (AvgIpc) is 1.89. The van der Waals surface area contributed by atoms with Crippen molar-refractivity contribution in [3.05, 3.63) is 71.8 Å². The lowest BCUT2D eigenvalue weighted by Crippen LogP contribution is -2.63. The molecule has 25 nitrogen and oxygen atoms in total. The van der Waals surface area contributed by atoms with Gasteiger partial charge in [-0.15, -0.1) is 0 Å². The van der Waals surface area contributed by atoms with Gasteiger partial charge in [0.15, 0.2) is 0 Å². The lowest BCUT2D eigenvalue weighted by molar-refractivity contribution is -0.147. The molecule has 3 heterocycles. The summed E-state index contributed by atoms with van der Waals surface area (Å²) in [4.78, 5) is 182. The molecule has 3 aliphatic heterocycles. The van der Waals surface area contributed by atoms with Crippen LogP contribution in [0.1, 0.15) is 145 Å². The molecule has 3 aliphatic rings. The lowest BCUT2D eigenvalue weighted by atomic mass is 9.94. The molecule has 2 aromatic carbocycles. The van der Waals surface area contributed by atoms with Crippen molar-refractivity contribution in [1.29, 1.82) is 0 Å². The first kappa shape index (κ1) is 75.8. The second-order valence-electron chi connectivity index (χ2n) is 26.8. The van der Waals surface area contributed by atoms with Crippen LogP contribution >= 0.6 is 0 Å². The van der Waals surface area contributed by atoms with Gasteiger partial charge in [0.25, 0.3) is 0 Å². The van der Waals surface area contributed by atoms with Crippen LogP contribution < -0.4 is 37.2 Å². The van der Waals surface area contributed by atoms with Crippen LogP contribution in [-0.4, -0.2) is 214 Å². The monoisotopic (exact) mass is 1300 g/mol. The van der Waals surface area contributed by atoms with Crippen LogP contribution in [0.4, 0.5) is 0 Å². The normalized spacial score (nSPS) is 26.5. The maximum absolute atomic E-state index is 15.0. The van der Waals surface area contributed by atoms with Crippen LogP contribution in [0.15, 0.2) is 60.7 Å². The molecule has 3 saturated heterocycles. The van der Waals surface area contributed by atoms with Gasteiger partial charge in [-0.25, -0.2) is 0 Å². The van der Waals surface area contributed by atoms with Gasteiger partial charge in [0.2, 0.25) is 70.9 Å². The summed E-state index contributed by atoms with van der Waals surface area (Å²) in [5, 5.41) is 30.5. The first-order valence-corrected chi connectivity index (χ1v) is 33.2. The third kappa shape index (κ3) is 21.8. The standard InChI is InChI=1S/C68H104N12O13/c1-14-43(8)58-64(89)75-57(45(10)81)63(88)74-50(37-47-27-20-16-21-28-47)68(93)80-32-24-29-52(80)60(85)69-39-56(83)76(11)53(34-41(4)5)61(86)73-51(67(92)79-30-22-17-23-31-79)38-55(82)70-44(9)59(84)71-49(36-46-25-18-15-19-26-46)65(90)77(12)54(35-42(6)7)62(87)72-48(33-40(2)3)66(91)78(58)13/h15-16,18-21,25-28,40-45,48-54,57-58,81H,14,17,22-24,29-39H2,1-13H3,(H,69,85)(H,70,82)(H,71,84)(H,72,87)(H,73,86)(H,74,88)(H,75,89)/t43-,44+,45+,48-,49-,50-,51-,52-,53-,54-,57-,58-/m0/s1. The maximum Gasteiger partial charge on any atom is 0.246 e. The quantitative estimate of drug-likeness (QED) is 0.134. The number of benzene rings is 2. The van der Waals surface area contributed by atoms with E-state index in [-0.39, 0.29) is 62.8 Å². The summed E-state index contributed by atoms with van der Waals surface area (Å²) in [7, 11) is 4.22. The van der Waals surface area contributed by atoms with E-state index in [0.29, 0.717) is 49.9 Å². The fraction of sp³-hybridized carbons (Fsp3) is 0.647. The zero-order chi connectivity index (χ0) is 69.0. The Bertz CT molecular complexity index is 2910. The molecule has 3 fully saturated rings. The highest BCUT2D eigenvalue weighted by Gasteiger charge is 2.43. The highest BCUT2D eigenvalue weighted by atomic mass is 16.3. The SMILES string of the molecule is CC[C@H](C)[C@H]1C(=O)N[C@@H]([C@@H](C)O)C(=O)N[C@@H](Cc2ccccc2)C(=O)N2CCC[C@H]2C(=O)NCC(=O)N(C)[C@@H](CC(C)C)C(=O)N[C@H](C(=O)N2CCCCC2)CC(=O)N[C@H](C)C(=O)N[C@@H](Cc2ccccc2)C(=O)N(C)[C@@H](CC(C)C)C(=O)N[C@@H](CC(C)C)C(=O)N1C. The molecule has 93 heavy (non-hydrogen) atoms. The number of likely N-dealkylation sites (N-methyl/N-ethyl adjacent to an activating group) is 3. The van der Waals surface area contributed by atoms with Crippen molar-refractivity contribution in [2.75, 3.05) is 47.3 Å². The summed E-state index contributed by atoms with van der Waals surface area (Å²) >= 11 is 0. The number of piperidine rings is 1. The molecule has 12 atom stereocenters. The van der Waals surface area contributed by atoms with Gasteiger partial charge in [0.05, 0.1) is 19.1 Å². The number of hydrogen-bond donors (Lipinski definition) is 8. The Morgan fingerprint density at radius 1 is 0.538 bits per heavy atom. The van der Waals surface area contributed by atoms with Crippen molar-refractivity contribution >= 4 is 70.9 Å². The minimum Gasteiger partial charge on any atom is -0.391 e. The average molecular weight is 1300 g/mol. The van der Waals surface area contributed by atoms with Gasteiger partial charge >= 0.3 is 0 Å². The van der Waals surface area contributed by atoms with E-state index >= 15 is 9.59 Å². The molecule has 0 aliphatic carbocycles. The van der Waals surface area contributed by atoms with E-state index in [1.165, 1.54) is 49.7 Å². The molecule has 0 unspecified atom stereocenters. The number of nitrogens with zero attached hydrogens (tertiary/aromatic N) is 5. The smallest absolute Gasteiger partial charge is 0.246 e. The summed E-state index contributed by atoms with van der Waals surface area (Å²) in [5.74, 6) is -9.84. The Kier molecular flexibility index (Phi) is 29.2. The second-order valence-corrected chi connectivity index (χ2v) is 26.8. The van der Waals surface area contributed by atoms with E-state index < -0.39 is 156 Å². The number of likely N-dealkylation sites (tertiary alicyclic amines) is 1. The van der Waals surface area contributed by atoms with Crippen LogP contribution in [-0.2, 0) is 70.4 Å². The molecule has 5 rings (SSSR count). The summed E-state index contributed by atoms with van der Waals surface area (Å²) in [5.41, 5.74) is 1.28. The lowest BCUT2D eigenvalue weighted by Gasteiger charge is -2.37. The van der Waals surface area contributed by atoms with Crippen LogP contribution in [0, 0.1) is 23.7 Å². The molecular formula is C68H104N12O13. The van der Waals surface area contributed by atoms with Gasteiger partial charge in [0, 0.05) is 53.6 Å². The van der Waals surface area contributed by atoms with Gasteiger partial charge in [0.1, 0.15) is 60.4 Å². The Morgan fingerprint density at radius 2 is 1.04 bits per heavy atom. The van der Waals surface area contributed by atoms with E-state index in [1.807, 2.05) is 48.5 Å². The van der Waals surface area contributed by atoms with Crippen LogP contribution in [0.25, 0.3) is 0 Å². The van der Waals surface area contributed by atoms with Crippen molar-refractivity contribution in [1.82, 2.24) is 61.7 Å². The molecule has 8 N–H and O–H groups in total. The van der Waals surface area contributed by atoms with Crippen molar-refractivity contribution in [2.45, 2.75) is 213 Å². The molecule has 0 radical (unpaired) electrons. The fourth-order valence-corrected chi connectivity index (χ4v) is 12.3. The number of nitrogens with one attached hydrogen (secondary N) is 7. The fourth-order valence-electron chi connectivity index (χ4n) is 12.3. The summed E-state index contributed by atoms with van der Waals surface area (Å²) in [6.45, 7) is 17.5. The minimum atomic E-state index is -1.68.